The van der Waals surface area contributed by atoms with Gasteiger partial charge in [0.05, 0.1) is 0 Å². The molecule has 1 unspecified atom stereocenters. The maximum atomic E-state index is 9.41. The molecule has 0 aromatic heterocycles. The molecule has 0 bridgehead atoms. The summed E-state index contributed by atoms with van der Waals surface area (Å²) < 4.78 is 0. The van der Waals surface area contributed by atoms with Gasteiger partial charge in [-0.2, -0.15) is 0 Å². The third-order valence-electron chi connectivity index (χ3n) is 2.57. The van der Waals surface area contributed by atoms with E-state index >= 15 is 0 Å². The van der Waals surface area contributed by atoms with Gasteiger partial charge >= 0.3 is 0 Å². The van der Waals surface area contributed by atoms with Crippen LogP contribution in [0.25, 0.3) is 0 Å². The van der Waals surface area contributed by atoms with E-state index in [2.05, 4.69) is 25.7 Å². The first-order chi connectivity index (χ1) is 7.40. The molecular weight excluding hydrogens is 236 g/mol. The lowest BCUT2D eigenvalue weighted by Crippen LogP contribution is -2.26. The minimum absolute atomic E-state index is 0.275. The summed E-state index contributed by atoms with van der Waals surface area (Å²) in [6.07, 6.45) is 0.932. The topological polar surface area (TPSA) is 20.2 Å². The molecule has 0 aliphatic heterocycles. The van der Waals surface area contributed by atoms with Crippen LogP contribution in [0.3, 0.4) is 0 Å². The van der Waals surface area contributed by atoms with Crippen molar-refractivity contribution >= 4 is 19.7 Å². The van der Waals surface area contributed by atoms with Crippen molar-refractivity contribution in [2.75, 3.05) is 6.61 Å². The Balaban J connectivity index is 2.63. The van der Waals surface area contributed by atoms with Gasteiger partial charge in [0.2, 0.25) is 0 Å². The smallest absolute Gasteiger partial charge is 0.0459 e. The van der Waals surface area contributed by atoms with E-state index in [-0.39, 0.29) is 6.61 Å². The van der Waals surface area contributed by atoms with Crippen molar-refractivity contribution in [3.05, 3.63) is 34.9 Å². The maximum absolute atomic E-state index is 9.41. The van der Waals surface area contributed by atoms with E-state index in [4.69, 9.17) is 11.6 Å². The highest BCUT2D eigenvalue weighted by Crippen LogP contribution is 2.21. The summed E-state index contributed by atoms with van der Waals surface area (Å²) in [4.78, 5) is 0. The van der Waals surface area contributed by atoms with Crippen molar-refractivity contribution in [3.63, 3.8) is 0 Å². The highest BCUT2D eigenvalue weighted by atomic mass is 35.5. The van der Waals surface area contributed by atoms with Gasteiger partial charge in [-0.05, 0) is 30.0 Å². The number of halogens is 1. The Hall–Kier alpha value is -0.313. The molecule has 3 heteroatoms. The molecule has 1 nitrogen and oxygen atoms in total. The molecule has 0 spiro atoms. The average Bonchev–Trinajstić information content (AvgIpc) is 2.14. The van der Waals surface area contributed by atoms with Crippen LogP contribution < -0.4 is 0 Å². The molecule has 16 heavy (non-hydrogen) atoms. The fraction of sp³-hybridized carbons (Fsp3) is 0.538. The van der Waals surface area contributed by atoms with Crippen molar-refractivity contribution in [1.82, 2.24) is 0 Å². The van der Waals surface area contributed by atoms with Crippen molar-refractivity contribution in [3.8, 4) is 0 Å². The molecule has 0 heterocycles. The van der Waals surface area contributed by atoms with Crippen LogP contribution in [-0.4, -0.2) is 19.8 Å². The molecule has 1 aromatic rings. The van der Waals surface area contributed by atoms with Gasteiger partial charge in [0.15, 0.2) is 0 Å². The van der Waals surface area contributed by atoms with Crippen LogP contribution in [0.4, 0.5) is 0 Å². The second-order valence-electron chi connectivity index (χ2n) is 5.65. The highest BCUT2D eigenvalue weighted by molar-refractivity contribution is 6.76. The first-order valence-corrected chi connectivity index (χ1v) is 9.84. The molecule has 1 atom stereocenters. The number of hydrogen-bond acceptors (Lipinski definition) is 1. The fourth-order valence-corrected chi connectivity index (χ4v) is 4.28. The molecule has 90 valence electrons. The maximum Gasteiger partial charge on any atom is 0.0459 e. The molecular formula is C13H21ClOSi. The zero-order valence-electron chi connectivity index (χ0n) is 10.3. The van der Waals surface area contributed by atoms with Crippen molar-refractivity contribution in [1.29, 1.82) is 0 Å². The second kappa shape index (κ2) is 5.85. The summed E-state index contributed by atoms with van der Waals surface area (Å²) in [6.45, 7) is 7.30. The molecule has 0 radical (unpaired) electrons. The highest BCUT2D eigenvalue weighted by Gasteiger charge is 2.20. The summed E-state index contributed by atoms with van der Waals surface area (Å²) in [5, 5.41) is 10.2. The fourth-order valence-electron chi connectivity index (χ4n) is 2.06. The summed E-state index contributed by atoms with van der Waals surface area (Å²) in [7, 11) is -1.10. The average molecular weight is 257 g/mol. The zero-order chi connectivity index (χ0) is 12.2. The zero-order valence-corrected chi connectivity index (χ0v) is 12.1. The molecule has 1 rings (SSSR count). The molecule has 0 aliphatic rings. The van der Waals surface area contributed by atoms with Gasteiger partial charge in [0.1, 0.15) is 0 Å². The molecule has 1 aromatic carbocycles. The Kier molecular flexibility index (Phi) is 5.03. The van der Waals surface area contributed by atoms with E-state index in [1.165, 1.54) is 5.56 Å². The van der Waals surface area contributed by atoms with Gasteiger partial charge in [-0.3, -0.25) is 0 Å². The molecule has 0 amide bonds. The first kappa shape index (κ1) is 13.8. The molecule has 0 saturated heterocycles. The minimum atomic E-state index is -1.10. The molecule has 0 fully saturated rings. The molecule has 0 saturated carbocycles. The van der Waals surface area contributed by atoms with E-state index in [1.54, 1.807) is 0 Å². The van der Waals surface area contributed by atoms with E-state index in [1.807, 2.05) is 18.2 Å². The number of rotatable bonds is 5. The van der Waals surface area contributed by atoms with Crippen LogP contribution in [0.5, 0.6) is 0 Å². The van der Waals surface area contributed by atoms with Crippen molar-refractivity contribution < 1.29 is 5.11 Å². The Bertz CT molecular complexity index is 333. The van der Waals surface area contributed by atoms with Gasteiger partial charge in [-0.25, -0.2) is 0 Å². The largest absolute Gasteiger partial charge is 0.396 e. The third-order valence-corrected chi connectivity index (χ3v) is 4.61. The van der Waals surface area contributed by atoms with Crippen LogP contribution in [0, 0.1) is 5.92 Å². The van der Waals surface area contributed by atoms with Crippen LogP contribution in [0.2, 0.25) is 30.7 Å². The Labute approximate surface area is 104 Å². The van der Waals surface area contributed by atoms with Gasteiger partial charge in [-0.1, -0.05) is 49.4 Å². The van der Waals surface area contributed by atoms with Crippen LogP contribution in [-0.2, 0) is 6.42 Å². The minimum Gasteiger partial charge on any atom is -0.396 e. The van der Waals surface area contributed by atoms with E-state index in [0.29, 0.717) is 5.92 Å². The lowest BCUT2D eigenvalue weighted by molar-refractivity contribution is 0.236. The standard InChI is InChI=1S/C13H21ClOSi/c1-16(2,3)10-12(9-15)7-11-5-4-6-13(14)8-11/h4-6,8,12,15H,7,9-10H2,1-3H3. The predicted octanol–water partition coefficient (Wildman–Crippen LogP) is 3.83. The summed E-state index contributed by atoms with van der Waals surface area (Å²) in [5.41, 5.74) is 1.23. The quantitative estimate of drug-likeness (QED) is 0.794. The van der Waals surface area contributed by atoms with E-state index in [0.717, 1.165) is 17.5 Å². The Morgan fingerprint density at radius 2 is 2.00 bits per heavy atom. The van der Waals surface area contributed by atoms with Crippen molar-refractivity contribution in [2.24, 2.45) is 5.92 Å². The lowest BCUT2D eigenvalue weighted by Gasteiger charge is -2.23. The van der Waals surface area contributed by atoms with E-state index < -0.39 is 8.07 Å². The first-order valence-electron chi connectivity index (χ1n) is 5.76. The summed E-state index contributed by atoms with van der Waals surface area (Å²) >= 11 is 5.95. The Morgan fingerprint density at radius 3 is 2.50 bits per heavy atom. The van der Waals surface area contributed by atoms with Gasteiger partial charge in [-0.15, -0.1) is 0 Å². The van der Waals surface area contributed by atoms with Gasteiger partial charge in [0.25, 0.3) is 0 Å². The SMILES string of the molecule is C[Si](C)(C)CC(CO)Cc1cccc(Cl)c1. The lowest BCUT2D eigenvalue weighted by atomic mass is 10.0. The van der Waals surface area contributed by atoms with Crippen LogP contribution in [0.1, 0.15) is 5.56 Å². The van der Waals surface area contributed by atoms with Crippen molar-refractivity contribution in [2.45, 2.75) is 32.1 Å². The van der Waals surface area contributed by atoms with Crippen LogP contribution >= 0.6 is 11.6 Å². The summed E-state index contributed by atoms with van der Waals surface area (Å²) in [5.74, 6) is 0.380. The number of aliphatic hydroxyl groups excluding tert-OH is 1. The Morgan fingerprint density at radius 1 is 1.31 bits per heavy atom. The number of benzene rings is 1. The second-order valence-corrected chi connectivity index (χ2v) is 11.6. The van der Waals surface area contributed by atoms with Crippen LogP contribution in [0.15, 0.2) is 24.3 Å². The van der Waals surface area contributed by atoms with E-state index in [9.17, 15) is 5.11 Å². The number of aliphatic hydroxyl groups is 1. The normalized spacial score (nSPS) is 13.8. The third kappa shape index (κ3) is 5.15. The summed E-state index contributed by atoms with van der Waals surface area (Å²) in [6, 6.07) is 9.10. The molecule has 0 aliphatic carbocycles. The number of hydrogen-bond donors (Lipinski definition) is 1. The van der Waals surface area contributed by atoms with Gasteiger partial charge in [0, 0.05) is 19.7 Å². The monoisotopic (exact) mass is 256 g/mol. The van der Waals surface area contributed by atoms with Gasteiger partial charge < -0.3 is 5.11 Å². The molecule has 1 N–H and O–H groups in total. The predicted molar refractivity (Wildman–Crippen MR) is 73.9 cm³/mol.